The number of anilines is 1. The summed E-state index contributed by atoms with van der Waals surface area (Å²) in [4.78, 5) is 0. The summed E-state index contributed by atoms with van der Waals surface area (Å²) in [5, 5.41) is 22.4. The Hall–Kier alpha value is -3.07. The van der Waals surface area contributed by atoms with Gasteiger partial charge in [-0.1, -0.05) is 30.3 Å². The van der Waals surface area contributed by atoms with Crippen LogP contribution in [0.25, 0.3) is 0 Å². The number of rotatable bonds is 12. The number of hydrogen-bond donors (Lipinski definition) is 4. The number of aromatic hydroxyl groups is 1. The largest absolute Gasteiger partial charge is 0.508 e. The lowest BCUT2D eigenvalue weighted by molar-refractivity contribution is 0.106. The zero-order valence-electron chi connectivity index (χ0n) is 16.9. The highest BCUT2D eigenvalue weighted by Gasteiger charge is 2.06. The van der Waals surface area contributed by atoms with E-state index in [1.165, 1.54) is 12.1 Å². The highest BCUT2D eigenvalue weighted by Crippen LogP contribution is 2.16. The second kappa shape index (κ2) is 11.9. The molecule has 3 aromatic carbocycles. The number of phenols is 1. The maximum atomic E-state index is 12.0. The van der Waals surface area contributed by atoms with Crippen LogP contribution in [-0.2, 0) is 17.7 Å². The van der Waals surface area contributed by atoms with E-state index >= 15 is 0 Å². The Balaban J connectivity index is 1.31. The maximum Gasteiger partial charge on any atom is 0.316 e. The van der Waals surface area contributed by atoms with E-state index in [4.69, 9.17) is 8.92 Å². The summed E-state index contributed by atoms with van der Waals surface area (Å²) in [5.74, 6) is 1.31. The highest BCUT2D eigenvalue weighted by molar-refractivity contribution is 7.81. The molecule has 3 rings (SSSR count). The van der Waals surface area contributed by atoms with E-state index in [2.05, 4.69) is 10.0 Å². The van der Waals surface area contributed by atoms with Gasteiger partial charge in [0, 0.05) is 12.2 Å². The van der Waals surface area contributed by atoms with E-state index in [1.54, 1.807) is 24.3 Å². The SMILES string of the molecule is O=S(Nc1ccc(CCNCC(O)COc2ccc(O)cc2)cc1)Oc1ccccc1. The molecule has 2 atom stereocenters. The van der Waals surface area contributed by atoms with Crippen molar-refractivity contribution in [3.8, 4) is 17.2 Å². The van der Waals surface area contributed by atoms with Crippen molar-refractivity contribution in [3.05, 3.63) is 84.4 Å². The lowest BCUT2D eigenvalue weighted by atomic mass is 10.1. The number of nitrogens with one attached hydrogen (secondary N) is 2. The summed E-state index contributed by atoms with van der Waals surface area (Å²) < 4.78 is 25.6. The van der Waals surface area contributed by atoms with Gasteiger partial charge in [-0.3, -0.25) is 4.72 Å². The Kier molecular flexibility index (Phi) is 8.71. The van der Waals surface area contributed by atoms with Crippen LogP contribution in [0.1, 0.15) is 5.56 Å². The molecule has 8 heteroatoms. The number of para-hydroxylation sites is 1. The van der Waals surface area contributed by atoms with Gasteiger partial charge in [0.25, 0.3) is 0 Å². The number of hydrogen-bond acceptors (Lipinski definition) is 6. The standard InChI is InChI=1S/C23H26N2O5S/c26-20-10-12-22(13-11-20)29-17-21(27)16-24-15-14-18-6-8-19(9-7-18)25-31(28)30-23-4-2-1-3-5-23/h1-13,21,24-27H,14-17H2. The van der Waals surface area contributed by atoms with E-state index < -0.39 is 17.4 Å². The number of phenolic OH excluding ortho intramolecular Hbond substituents is 1. The van der Waals surface area contributed by atoms with Crippen molar-refractivity contribution in [2.45, 2.75) is 12.5 Å². The van der Waals surface area contributed by atoms with Crippen LogP contribution in [0.4, 0.5) is 5.69 Å². The van der Waals surface area contributed by atoms with Gasteiger partial charge in [-0.15, -0.1) is 0 Å². The fraction of sp³-hybridized carbons (Fsp3) is 0.217. The van der Waals surface area contributed by atoms with Crippen molar-refractivity contribution < 1.29 is 23.3 Å². The molecule has 0 bridgehead atoms. The fourth-order valence-electron chi connectivity index (χ4n) is 2.72. The molecular formula is C23H26N2O5S. The van der Waals surface area contributed by atoms with Gasteiger partial charge in [0.15, 0.2) is 0 Å². The molecule has 0 spiro atoms. The molecule has 0 aliphatic carbocycles. The molecule has 0 saturated heterocycles. The van der Waals surface area contributed by atoms with Crippen LogP contribution in [0.3, 0.4) is 0 Å². The number of aliphatic hydroxyl groups is 1. The summed E-state index contributed by atoms with van der Waals surface area (Å²) in [7, 11) is 0. The lowest BCUT2D eigenvalue weighted by Crippen LogP contribution is -2.32. The van der Waals surface area contributed by atoms with Gasteiger partial charge in [-0.2, -0.15) is 4.21 Å². The number of ether oxygens (including phenoxy) is 1. The monoisotopic (exact) mass is 442 g/mol. The van der Waals surface area contributed by atoms with Gasteiger partial charge in [-0.05, 0) is 67.1 Å². The minimum Gasteiger partial charge on any atom is -0.508 e. The van der Waals surface area contributed by atoms with Crippen LogP contribution >= 0.6 is 0 Å². The molecular weight excluding hydrogens is 416 g/mol. The summed E-state index contributed by atoms with van der Waals surface area (Å²) in [5.41, 5.74) is 1.82. The molecule has 3 aromatic rings. The molecule has 0 aliphatic heterocycles. The van der Waals surface area contributed by atoms with Crippen LogP contribution in [0.5, 0.6) is 17.2 Å². The molecule has 0 aromatic heterocycles. The topological polar surface area (TPSA) is 100 Å². The van der Waals surface area contributed by atoms with Gasteiger partial charge < -0.3 is 24.4 Å². The van der Waals surface area contributed by atoms with Crippen LogP contribution in [-0.4, -0.2) is 40.2 Å². The summed E-state index contributed by atoms with van der Waals surface area (Å²) in [6.45, 7) is 1.28. The predicted molar refractivity (Wildman–Crippen MR) is 121 cm³/mol. The van der Waals surface area contributed by atoms with Gasteiger partial charge in [0.05, 0.1) is 0 Å². The van der Waals surface area contributed by atoms with Crippen LogP contribution in [0, 0.1) is 0 Å². The molecule has 164 valence electrons. The van der Waals surface area contributed by atoms with Crippen molar-refractivity contribution in [3.63, 3.8) is 0 Å². The van der Waals surface area contributed by atoms with E-state index in [1.807, 2.05) is 42.5 Å². The first kappa shape index (κ1) is 22.6. The zero-order chi connectivity index (χ0) is 21.9. The fourth-order valence-corrected chi connectivity index (χ4v) is 3.37. The summed E-state index contributed by atoms with van der Waals surface area (Å²) in [6, 6.07) is 23.0. The van der Waals surface area contributed by atoms with Gasteiger partial charge in [-0.25, -0.2) is 0 Å². The van der Waals surface area contributed by atoms with Gasteiger partial charge >= 0.3 is 11.3 Å². The normalized spacial score (nSPS) is 12.7. The van der Waals surface area contributed by atoms with Crippen LogP contribution in [0.15, 0.2) is 78.9 Å². The first-order valence-corrected chi connectivity index (χ1v) is 11.0. The van der Waals surface area contributed by atoms with Crippen molar-refractivity contribution in [2.75, 3.05) is 24.4 Å². The van der Waals surface area contributed by atoms with Crippen molar-refractivity contribution in [2.24, 2.45) is 0 Å². The average molecular weight is 443 g/mol. The molecule has 0 saturated carbocycles. The average Bonchev–Trinajstić information content (AvgIpc) is 2.78. The van der Waals surface area contributed by atoms with Crippen molar-refractivity contribution >= 4 is 17.0 Å². The predicted octanol–water partition coefficient (Wildman–Crippen LogP) is 3.03. The third-order valence-corrected chi connectivity index (χ3v) is 5.07. The molecule has 0 heterocycles. The molecule has 2 unspecified atom stereocenters. The number of benzene rings is 3. The molecule has 0 aliphatic rings. The second-order valence-electron chi connectivity index (χ2n) is 6.84. The van der Waals surface area contributed by atoms with Crippen molar-refractivity contribution in [1.29, 1.82) is 0 Å². The lowest BCUT2D eigenvalue weighted by Gasteiger charge is -2.13. The van der Waals surface area contributed by atoms with Gasteiger partial charge in [0.2, 0.25) is 0 Å². The summed E-state index contributed by atoms with van der Waals surface area (Å²) in [6.07, 6.45) is 0.148. The first-order chi connectivity index (χ1) is 15.1. The molecule has 7 nitrogen and oxygen atoms in total. The Morgan fingerprint density at radius 1 is 0.903 bits per heavy atom. The third-order valence-electron chi connectivity index (χ3n) is 4.32. The Bertz CT molecular complexity index is 936. The third kappa shape index (κ3) is 8.29. The Morgan fingerprint density at radius 2 is 1.61 bits per heavy atom. The molecule has 4 N–H and O–H groups in total. The van der Waals surface area contributed by atoms with E-state index in [-0.39, 0.29) is 12.4 Å². The van der Waals surface area contributed by atoms with Gasteiger partial charge in [0.1, 0.15) is 30.0 Å². The molecule has 0 amide bonds. The van der Waals surface area contributed by atoms with Crippen LogP contribution in [0.2, 0.25) is 0 Å². The number of aliphatic hydroxyl groups excluding tert-OH is 1. The maximum absolute atomic E-state index is 12.0. The Morgan fingerprint density at radius 3 is 2.32 bits per heavy atom. The highest BCUT2D eigenvalue weighted by atomic mass is 32.2. The quantitative estimate of drug-likeness (QED) is 0.322. The smallest absolute Gasteiger partial charge is 0.316 e. The minimum atomic E-state index is -1.67. The minimum absolute atomic E-state index is 0.167. The Labute approximate surface area is 184 Å². The molecule has 31 heavy (non-hydrogen) atoms. The molecule has 0 fully saturated rings. The van der Waals surface area contributed by atoms with Crippen molar-refractivity contribution in [1.82, 2.24) is 5.32 Å². The zero-order valence-corrected chi connectivity index (χ0v) is 17.8. The van der Waals surface area contributed by atoms with Crippen LogP contribution < -0.4 is 19.0 Å². The summed E-state index contributed by atoms with van der Waals surface area (Å²) >= 11 is -1.67. The molecule has 0 radical (unpaired) electrons. The van der Waals surface area contributed by atoms with E-state index in [0.717, 1.165) is 12.0 Å². The van der Waals surface area contributed by atoms with E-state index in [9.17, 15) is 14.4 Å². The second-order valence-corrected chi connectivity index (χ2v) is 7.68. The first-order valence-electron chi connectivity index (χ1n) is 9.90. The van der Waals surface area contributed by atoms with E-state index in [0.29, 0.717) is 30.3 Å².